The van der Waals surface area contributed by atoms with Crippen molar-refractivity contribution < 1.29 is 14.3 Å². The number of ether oxygens (including phenoxy) is 2. The van der Waals surface area contributed by atoms with Gasteiger partial charge < -0.3 is 20.1 Å². The van der Waals surface area contributed by atoms with Crippen LogP contribution in [0.25, 0.3) is 0 Å². The smallest absolute Gasteiger partial charge is 0.232 e. The summed E-state index contributed by atoms with van der Waals surface area (Å²) in [5.74, 6) is 0.678. The SMILES string of the molecule is CN(CCOc1cccc(Cl)c1)C(=O)C1(C)COCC1N. The molecule has 1 aromatic rings. The number of hydrogen-bond acceptors (Lipinski definition) is 4. The van der Waals surface area contributed by atoms with Gasteiger partial charge >= 0.3 is 0 Å². The molecule has 2 rings (SSSR count). The third-order valence-corrected chi connectivity index (χ3v) is 4.08. The van der Waals surface area contributed by atoms with Gasteiger partial charge in [-0.15, -0.1) is 0 Å². The van der Waals surface area contributed by atoms with E-state index >= 15 is 0 Å². The summed E-state index contributed by atoms with van der Waals surface area (Å²) in [4.78, 5) is 14.1. The summed E-state index contributed by atoms with van der Waals surface area (Å²) in [6.45, 7) is 3.52. The zero-order valence-electron chi connectivity index (χ0n) is 12.3. The zero-order chi connectivity index (χ0) is 15.5. The Bertz CT molecular complexity index is 511. The summed E-state index contributed by atoms with van der Waals surface area (Å²) in [7, 11) is 1.75. The van der Waals surface area contributed by atoms with E-state index in [1.54, 1.807) is 24.1 Å². The summed E-state index contributed by atoms with van der Waals surface area (Å²) in [6.07, 6.45) is 0. The molecule has 2 N–H and O–H groups in total. The van der Waals surface area contributed by atoms with Crippen molar-refractivity contribution in [3.63, 3.8) is 0 Å². The van der Waals surface area contributed by atoms with Crippen molar-refractivity contribution in [3.05, 3.63) is 29.3 Å². The summed E-state index contributed by atoms with van der Waals surface area (Å²) >= 11 is 5.88. The molecule has 1 saturated heterocycles. The zero-order valence-corrected chi connectivity index (χ0v) is 13.1. The van der Waals surface area contributed by atoms with Gasteiger partial charge in [0.15, 0.2) is 0 Å². The topological polar surface area (TPSA) is 64.8 Å². The Labute approximate surface area is 130 Å². The van der Waals surface area contributed by atoms with Crippen molar-refractivity contribution in [1.82, 2.24) is 4.90 Å². The molecule has 21 heavy (non-hydrogen) atoms. The van der Waals surface area contributed by atoms with Crippen LogP contribution >= 0.6 is 11.6 Å². The lowest BCUT2D eigenvalue weighted by Gasteiger charge is -2.30. The van der Waals surface area contributed by atoms with Crippen molar-refractivity contribution in [1.29, 1.82) is 0 Å². The van der Waals surface area contributed by atoms with Gasteiger partial charge in [-0.3, -0.25) is 4.79 Å². The van der Waals surface area contributed by atoms with Gasteiger partial charge in [0.2, 0.25) is 5.91 Å². The first-order chi connectivity index (χ1) is 9.93. The van der Waals surface area contributed by atoms with Crippen LogP contribution in [0.3, 0.4) is 0 Å². The number of benzene rings is 1. The highest BCUT2D eigenvalue weighted by Crippen LogP contribution is 2.29. The molecule has 0 spiro atoms. The predicted octanol–water partition coefficient (Wildman–Crippen LogP) is 1.54. The largest absolute Gasteiger partial charge is 0.492 e. The molecule has 1 heterocycles. The number of amides is 1. The number of halogens is 1. The standard InChI is InChI=1S/C15H21ClN2O3/c1-15(10-20-9-13(15)17)14(19)18(2)6-7-21-12-5-3-4-11(16)8-12/h3-5,8,13H,6-7,9-10,17H2,1-2H3. The molecular weight excluding hydrogens is 292 g/mol. The van der Waals surface area contributed by atoms with E-state index in [4.69, 9.17) is 26.8 Å². The highest BCUT2D eigenvalue weighted by Gasteiger charge is 2.45. The minimum Gasteiger partial charge on any atom is -0.492 e. The maximum absolute atomic E-state index is 12.5. The van der Waals surface area contributed by atoms with E-state index in [2.05, 4.69) is 0 Å². The molecule has 0 aliphatic carbocycles. The van der Waals surface area contributed by atoms with Gasteiger partial charge in [-0.25, -0.2) is 0 Å². The fourth-order valence-electron chi connectivity index (χ4n) is 2.30. The van der Waals surface area contributed by atoms with Crippen molar-refractivity contribution in [2.24, 2.45) is 11.1 Å². The molecule has 0 saturated carbocycles. The number of carbonyl (C=O) groups is 1. The summed E-state index contributed by atoms with van der Waals surface area (Å²) in [5.41, 5.74) is 5.32. The van der Waals surface area contributed by atoms with Crippen molar-refractivity contribution in [2.75, 3.05) is 33.4 Å². The summed E-state index contributed by atoms with van der Waals surface area (Å²) < 4.78 is 10.9. The molecule has 0 radical (unpaired) electrons. The number of nitrogens with zero attached hydrogens (tertiary/aromatic N) is 1. The second-order valence-corrected chi connectivity index (χ2v) is 6.01. The second-order valence-electron chi connectivity index (χ2n) is 5.57. The van der Waals surface area contributed by atoms with Crippen LogP contribution in [0.4, 0.5) is 0 Å². The highest BCUT2D eigenvalue weighted by atomic mass is 35.5. The lowest BCUT2D eigenvalue weighted by atomic mass is 9.84. The average molecular weight is 313 g/mol. The maximum atomic E-state index is 12.5. The fourth-order valence-corrected chi connectivity index (χ4v) is 2.48. The van der Waals surface area contributed by atoms with E-state index in [0.29, 0.717) is 37.1 Å². The van der Waals surface area contributed by atoms with Gasteiger partial charge in [0.1, 0.15) is 12.4 Å². The third kappa shape index (κ3) is 3.67. The Morgan fingerprint density at radius 3 is 3.00 bits per heavy atom. The highest BCUT2D eigenvalue weighted by molar-refractivity contribution is 6.30. The van der Waals surface area contributed by atoms with Crippen LogP contribution < -0.4 is 10.5 Å². The van der Waals surface area contributed by atoms with E-state index in [1.807, 2.05) is 19.1 Å². The van der Waals surface area contributed by atoms with Gasteiger partial charge in [-0.2, -0.15) is 0 Å². The maximum Gasteiger partial charge on any atom is 0.232 e. The van der Waals surface area contributed by atoms with Gasteiger partial charge in [-0.1, -0.05) is 17.7 Å². The molecule has 1 fully saturated rings. The molecule has 6 heteroatoms. The van der Waals surface area contributed by atoms with Gasteiger partial charge in [0.05, 0.1) is 25.2 Å². The Morgan fingerprint density at radius 2 is 2.38 bits per heavy atom. The minimum atomic E-state index is -0.648. The van der Waals surface area contributed by atoms with Crippen LogP contribution in [0.2, 0.25) is 5.02 Å². The van der Waals surface area contributed by atoms with Crippen molar-refractivity contribution >= 4 is 17.5 Å². The van der Waals surface area contributed by atoms with Gasteiger partial charge in [0, 0.05) is 18.1 Å². The normalized spacial score (nSPS) is 24.9. The van der Waals surface area contributed by atoms with E-state index in [1.165, 1.54) is 0 Å². The fraction of sp³-hybridized carbons (Fsp3) is 0.533. The van der Waals surface area contributed by atoms with Crippen LogP contribution in [-0.2, 0) is 9.53 Å². The van der Waals surface area contributed by atoms with E-state index < -0.39 is 5.41 Å². The Kier molecular flexibility index (Phi) is 5.08. The Hall–Kier alpha value is -1.30. The van der Waals surface area contributed by atoms with Crippen LogP contribution in [0.15, 0.2) is 24.3 Å². The molecule has 1 aliphatic heterocycles. The predicted molar refractivity (Wildman–Crippen MR) is 81.5 cm³/mol. The molecule has 5 nitrogen and oxygen atoms in total. The van der Waals surface area contributed by atoms with E-state index in [9.17, 15) is 4.79 Å². The minimum absolute atomic E-state index is 0.0119. The Balaban J connectivity index is 1.84. The molecule has 2 unspecified atom stereocenters. The first-order valence-corrected chi connectivity index (χ1v) is 7.28. The summed E-state index contributed by atoms with van der Waals surface area (Å²) in [6, 6.07) is 6.91. The quantitative estimate of drug-likeness (QED) is 0.896. The second kappa shape index (κ2) is 6.64. The molecule has 1 aliphatic rings. The molecule has 0 aromatic heterocycles. The monoisotopic (exact) mass is 312 g/mol. The van der Waals surface area contributed by atoms with Gasteiger partial charge in [-0.05, 0) is 25.1 Å². The molecular formula is C15H21ClN2O3. The number of hydrogen-bond donors (Lipinski definition) is 1. The Morgan fingerprint density at radius 1 is 1.62 bits per heavy atom. The van der Waals surface area contributed by atoms with Crippen LogP contribution in [0, 0.1) is 5.41 Å². The van der Waals surface area contributed by atoms with Crippen LogP contribution in [0.1, 0.15) is 6.92 Å². The van der Waals surface area contributed by atoms with Crippen LogP contribution in [-0.4, -0.2) is 50.3 Å². The van der Waals surface area contributed by atoms with Crippen molar-refractivity contribution in [3.8, 4) is 5.75 Å². The van der Waals surface area contributed by atoms with E-state index in [-0.39, 0.29) is 11.9 Å². The number of carbonyl (C=O) groups excluding carboxylic acids is 1. The van der Waals surface area contributed by atoms with Gasteiger partial charge in [0.25, 0.3) is 0 Å². The number of rotatable bonds is 5. The number of likely N-dealkylation sites (N-methyl/N-ethyl adjacent to an activating group) is 1. The lowest BCUT2D eigenvalue weighted by molar-refractivity contribution is -0.140. The molecule has 0 bridgehead atoms. The van der Waals surface area contributed by atoms with Crippen molar-refractivity contribution in [2.45, 2.75) is 13.0 Å². The molecule has 1 amide bonds. The van der Waals surface area contributed by atoms with E-state index in [0.717, 1.165) is 0 Å². The molecule has 2 atom stereocenters. The molecule has 116 valence electrons. The average Bonchev–Trinajstić information content (AvgIpc) is 2.79. The lowest BCUT2D eigenvalue weighted by Crippen LogP contribution is -2.51. The first-order valence-electron chi connectivity index (χ1n) is 6.91. The first kappa shape index (κ1) is 16.1. The number of nitrogens with two attached hydrogens (primary N) is 1. The summed E-state index contributed by atoms with van der Waals surface area (Å²) in [5, 5.41) is 0.624. The molecule has 1 aromatic carbocycles. The van der Waals surface area contributed by atoms with Crippen LogP contribution in [0.5, 0.6) is 5.75 Å². The third-order valence-electron chi connectivity index (χ3n) is 3.84.